The topological polar surface area (TPSA) is 0 Å². The van der Waals surface area contributed by atoms with Crippen LogP contribution in [-0.4, -0.2) is 0 Å². The molecule has 0 aromatic heterocycles. The van der Waals surface area contributed by atoms with E-state index in [1.165, 1.54) is 109 Å². The second-order valence-corrected chi connectivity index (χ2v) is 6.01. The van der Waals surface area contributed by atoms with Crippen molar-refractivity contribution in [3.8, 4) is 0 Å². The molecule has 0 heteroatoms. The first-order valence-corrected chi connectivity index (χ1v) is 8.50. The molecular formula is C17H34. The van der Waals surface area contributed by atoms with Gasteiger partial charge < -0.3 is 0 Å². The van der Waals surface area contributed by atoms with Crippen molar-refractivity contribution >= 4 is 0 Å². The van der Waals surface area contributed by atoms with Crippen LogP contribution in [0.2, 0.25) is 0 Å². The Morgan fingerprint density at radius 3 is 0.235 bits per heavy atom. The maximum Gasteiger partial charge on any atom is -0.0533 e. The van der Waals surface area contributed by atoms with Crippen LogP contribution in [0, 0.1) is 0 Å². The van der Waals surface area contributed by atoms with Gasteiger partial charge in [-0.1, -0.05) is 109 Å². The fourth-order valence-corrected chi connectivity index (χ4v) is 3.01. The molecule has 0 spiro atoms. The third kappa shape index (κ3) is 10.9. The summed E-state index contributed by atoms with van der Waals surface area (Å²) in [6.45, 7) is 0. The van der Waals surface area contributed by atoms with Crippen molar-refractivity contribution in [3.63, 3.8) is 0 Å². The first kappa shape index (κ1) is 15.1. The van der Waals surface area contributed by atoms with Gasteiger partial charge in [0.05, 0.1) is 0 Å². The molecule has 0 aliphatic heterocycles. The molecule has 3 saturated carbocycles. The summed E-state index contributed by atoms with van der Waals surface area (Å²) in [6, 6.07) is 0. The molecule has 0 bridgehead atoms. The second-order valence-electron chi connectivity index (χ2n) is 6.01. The third-order valence-corrected chi connectivity index (χ3v) is 4.25. The summed E-state index contributed by atoms with van der Waals surface area (Å²) in [5, 5.41) is 0. The van der Waals surface area contributed by atoms with Gasteiger partial charge in [-0.3, -0.25) is 0 Å². The molecule has 0 unspecified atom stereocenters. The predicted octanol–water partition coefficient (Wildman–Crippen LogP) is 6.63. The Morgan fingerprint density at radius 1 is 0.118 bits per heavy atom. The van der Waals surface area contributed by atoms with Gasteiger partial charge in [-0.05, 0) is 0 Å². The van der Waals surface area contributed by atoms with Gasteiger partial charge in [0.25, 0.3) is 0 Å². The van der Waals surface area contributed by atoms with Crippen molar-refractivity contribution in [3.05, 3.63) is 0 Å². The summed E-state index contributed by atoms with van der Waals surface area (Å²) in [5.74, 6) is 0. The standard InChI is InChI=1S/2C6H12.C5H10/c2*1-2-4-6-5-3-1;1-2-4-5-3-1/h2*1-6H2;1-5H2. The van der Waals surface area contributed by atoms with Crippen molar-refractivity contribution in [2.45, 2.75) is 109 Å². The minimum absolute atomic E-state index is 1.50. The van der Waals surface area contributed by atoms with E-state index in [1.54, 1.807) is 0 Å². The lowest BCUT2D eigenvalue weighted by Gasteiger charge is -2.05. The molecule has 0 heterocycles. The van der Waals surface area contributed by atoms with E-state index in [1.807, 2.05) is 0 Å². The Balaban J connectivity index is 0.000000128. The molecule has 17 heavy (non-hydrogen) atoms. The van der Waals surface area contributed by atoms with Crippen LogP contribution in [-0.2, 0) is 0 Å². The summed E-state index contributed by atoms with van der Waals surface area (Å²) >= 11 is 0. The van der Waals surface area contributed by atoms with Crippen LogP contribution in [0.25, 0.3) is 0 Å². The van der Waals surface area contributed by atoms with E-state index < -0.39 is 0 Å². The summed E-state index contributed by atoms with van der Waals surface area (Å²) < 4.78 is 0. The van der Waals surface area contributed by atoms with Crippen molar-refractivity contribution in [2.24, 2.45) is 0 Å². The smallest absolute Gasteiger partial charge is 0.0533 e. The molecule has 3 rings (SSSR count). The van der Waals surface area contributed by atoms with Crippen molar-refractivity contribution in [1.29, 1.82) is 0 Å². The molecule has 0 atom stereocenters. The van der Waals surface area contributed by atoms with Gasteiger partial charge in [-0.15, -0.1) is 0 Å². The minimum Gasteiger partial charge on any atom is -0.0533 e. The van der Waals surface area contributed by atoms with Crippen LogP contribution in [0.15, 0.2) is 0 Å². The van der Waals surface area contributed by atoms with E-state index in [0.717, 1.165) is 0 Å². The Morgan fingerprint density at radius 2 is 0.176 bits per heavy atom. The molecule has 0 nitrogen and oxygen atoms in total. The second kappa shape index (κ2) is 12.5. The molecule has 3 aliphatic rings. The molecule has 0 saturated heterocycles. The monoisotopic (exact) mass is 238 g/mol. The summed E-state index contributed by atoms with van der Waals surface area (Å²) in [4.78, 5) is 0. The first-order valence-electron chi connectivity index (χ1n) is 8.50. The van der Waals surface area contributed by atoms with E-state index in [2.05, 4.69) is 0 Å². The average Bonchev–Trinajstić information content (AvgIpc) is 3.03. The van der Waals surface area contributed by atoms with Gasteiger partial charge >= 0.3 is 0 Å². The summed E-state index contributed by atoms with van der Waals surface area (Å²) in [7, 11) is 0. The Hall–Kier alpha value is 0. The molecule has 3 fully saturated rings. The van der Waals surface area contributed by atoms with Crippen LogP contribution in [0.4, 0.5) is 0 Å². The fraction of sp³-hybridized carbons (Fsp3) is 1.00. The predicted molar refractivity (Wildman–Crippen MR) is 78.5 cm³/mol. The number of hydrogen-bond acceptors (Lipinski definition) is 0. The zero-order valence-electron chi connectivity index (χ0n) is 12.0. The zero-order chi connectivity index (χ0) is 12.0. The molecule has 0 radical (unpaired) electrons. The van der Waals surface area contributed by atoms with Crippen molar-refractivity contribution in [1.82, 2.24) is 0 Å². The van der Waals surface area contributed by atoms with Gasteiger partial charge in [-0.2, -0.15) is 0 Å². The Kier molecular flexibility index (Phi) is 11.0. The lowest BCUT2D eigenvalue weighted by atomic mass is 10.0. The number of hydrogen-bond donors (Lipinski definition) is 0. The lowest BCUT2D eigenvalue weighted by Crippen LogP contribution is -1.85. The third-order valence-electron chi connectivity index (χ3n) is 4.25. The zero-order valence-corrected chi connectivity index (χ0v) is 12.0. The minimum atomic E-state index is 1.50. The molecule has 0 N–H and O–H groups in total. The van der Waals surface area contributed by atoms with Gasteiger partial charge in [0, 0.05) is 0 Å². The van der Waals surface area contributed by atoms with Gasteiger partial charge in [-0.25, -0.2) is 0 Å². The Bertz CT molecular complexity index is 84.3. The van der Waals surface area contributed by atoms with Crippen molar-refractivity contribution < 1.29 is 0 Å². The fourth-order valence-electron chi connectivity index (χ4n) is 3.01. The molecule has 0 aromatic rings. The van der Waals surface area contributed by atoms with Crippen LogP contribution >= 0.6 is 0 Å². The van der Waals surface area contributed by atoms with Crippen LogP contribution in [0.1, 0.15) is 109 Å². The van der Waals surface area contributed by atoms with E-state index >= 15 is 0 Å². The molecular weight excluding hydrogens is 204 g/mol. The van der Waals surface area contributed by atoms with Crippen LogP contribution in [0.5, 0.6) is 0 Å². The highest BCUT2D eigenvalue weighted by Crippen LogP contribution is 2.16. The normalized spacial score (nSPS) is 24.0. The van der Waals surface area contributed by atoms with E-state index in [9.17, 15) is 0 Å². The molecule has 3 aliphatic carbocycles. The van der Waals surface area contributed by atoms with Crippen LogP contribution in [0.3, 0.4) is 0 Å². The van der Waals surface area contributed by atoms with Crippen molar-refractivity contribution in [2.75, 3.05) is 0 Å². The molecule has 0 amide bonds. The van der Waals surface area contributed by atoms with E-state index in [0.29, 0.717) is 0 Å². The highest BCUT2D eigenvalue weighted by Gasteiger charge is 1.96. The average molecular weight is 238 g/mol. The quantitative estimate of drug-likeness (QED) is 0.444. The van der Waals surface area contributed by atoms with Gasteiger partial charge in [0.15, 0.2) is 0 Å². The summed E-state index contributed by atoms with van der Waals surface area (Å²) in [5.41, 5.74) is 0. The lowest BCUT2D eigenvalue weighted by molar-refractivity contribution is 0.504. The van der Waals surface area contributed by atoms with Gasteiger partial charge in [0.1, 0.15) is 0 Å². The summed E-state index contributed by atoms with van der Waals surface area (Å²) in [6.07, 6.45) is 25.5. The SMILES string of the molecule is C1CCCC1.C1CCCCC1.C1CCCCC1. The number of rotatable bonds is 0. The molecule has 0 aromatic carbocycles. The Labute approximate surface area is 110 Å². The van der Waals surface area contributed by atoms with Gasteiger partial charge in [0.2, 0.25) is 0 Å². The van der Waals surface area contributed by atoms with E-state index in [-0.39, 0.29) is 0 Å². The maximum atomic E-state index is 1.50. The maximum absolute atomic E-state index is 1.50. The highest BCUT2D eigenvalue weighted by atomic mass is 14.0. The van der Waals surface area contributed by atoms with E-state index in [4.69, 9.17) is 0 Å². The molecule has 102 valence electrons. The van der Waals surface area contributed by atoms with Crippen LogP contribution < -0.4 is 0 Å². The highest BCUT2D eigenvalue weighted by molar-refractivity contribution is 4.52. The first-order chi connectivity index (χ1) is 8.50. The largest absolute Gasteiger partial charge is 0.0533 e.